The molecular formula is C24H24ClN3O4S. The fraction of sp³-hybridized carbons (Fsp3) is 0.333. The zero-order chi connectivity index (χ0) is 22.8. The predicted octanol–water partition coefficient (Wildman–Crippen LogP) is 5.07. The molecule has 0 aliphatic carbocycles. The number of methoxy groups -OCH3 is 1. The van der Waals surface area contributed by atoms with Crippen LogP contribution in [-0.2, 0) is 4.74 Å². The lowest BCUT2D eigenvalue weighted by atomic mass is 10.2. The number of morpholine rings is 1. The molecule has 0 radical (unpaired) electrons. The van der Waals surface area contributed by atoms with Gasteiger partial charge in [0.2, 0.25) is 0 Å². The summed E-state index contributed by atoms with van der Waals surface area (Å²) in [6, 6.07) is 12.9. The number of para-hydroxylation sites is 1. The van der Waals surface area contributed by atoms with Crippen molar-refractivity contribution in [3.8, 4) is 5.75 Å². The number of benzene rings is 2. The molecule has 2 aromatic carbocycles. The van der Waals surface area contributed by atoms with E-state index in [1.165, 1.54) is 11.3 Å². The van der Waals surface area contributed by atoms with Gasteiger partial charge in [0.1, 0.15) is 0 Å². The van der Waals surface area contributed by atoms with Crippen molar-refractivity contribution in [3.05, 3.63) is 53.2 Å². The summed E-state index contributed by atoms with van der Waals surface area (Å²) in [5, 5.41) is 2.10. The maximum absolute atomic E-state index is 13.6. The first-order valence-electron chi connectivity index (χ1n) is 10.9. The van der Waals surface area contributed by atoms with Gasteiger partial charge in [-0.25, -0.2) is 4.98 Å². The molecule has 1 aliphatic heterocycles. The molecule has 1 fully saturated rings. The van der Waals surface area contributed by atoms with Crippen LogP contribution in [0.5, 0.6) is 5.75 Å². The summed E-state index contributed by atoms with van der Waals surface area (Å²) in [5.74, 6) is 0.638. The fourth-order valence-corrected chi connectivity index (χ4v) is 5.26. The van der Waals surface area contributed by atoms with E-state index >= 15 is 0 Å². The van der Waals surface area contributed by atoms with Gasteiger partial charge in [-0.1, -0.05) is 35.1 Å². The first-order chi connectivity index (χ1) is 16.1. The quantitative estimate of drug-likeness (QED) is 0.364. The molecule has 1 saturated heterocycles. The lowest BCUT2D eigenvalue weighted by Crippen LogP contribution is -2.39. The van der Waals surface area contributed by atoms with Crippen molar-refractivity contribution in [2.45, 2.75) is 6.42 Å². The van der Waals surface area contributed by atoms with E-state index in [4.69, 9.17) is 30.5 Å². The summed E-state index contributed by atoms with van der Waals surface area (Å²) < 4.78 is 17.7. The number of fused-ring (bicyclic) bond motifs is 2. The van der Waals surface area contributed by atoms with Crippen LogP contribution >= 0.6 is 22.9 Å². The van der Waals surface area contributed by atoms with Crippen molar-refractivity contribution in [2.75, 3.05) is 51.4 Å². The van der Waals surface area contributed by atoms with Gasteiger partial charge in [0.25, 0.3) is 5.91 Å². The highest BCUT2D eigenvalue weighted by molar-refractivity contribution is 7.22. The van der Waals surface area contributed by atoms with E-state index in [0.717, 1.165) is 54.9 Å². The monoisotopic (exact) mass is 485 g/mol. The highest BCUT2D eigenvalue weighted by atomic mass is 35.5. The number of nitrogens with zero attached hydrogens (tertiary/aromatic N) is 3. The van der Waals surface area contributed by atoms with Crippen LogP contribution in [0.2, 0.25) is 5.02 Å². The van der Waals surface area contributed by atoms with Crippen molar-refractivity contribution in [1.82, 2.24) is 9.88 Å². The van der Waals surface area contributed by atoms with Crippen LogP contribution in [0.25, 0.3) is 21.2 Å². The summed E-state index contributed by atoms with van der Waals surface area (Å²) >= 11 is 7.62. The van der Waals surface area contributed by atoms with Crippen molar-refractivity contribution in [3.63, 3.8) is 0 Å². The Morgan fingerprint density at radius 3 is 2.91 bits per heavy atom. The number of rotatable bonds is 7. The molecule has 0 atom stereocenters. The van der Waals surface area contributed by atoms with Gasteiger partial charge in [-0.2, -0.15) is 0 Å². The van der Waals surface area contributed by atoms with E-state index in [1.807, 2.05) is 36.4 Å². The summed E-state index contributed by atoms with van der Waals surface area (Å²) in [6.07, 6.45) is 0.811. The van der Waals surface area contributed by atoms with E-state index in [2.05, 4.69) is 4.90 Å². The molecule has 1 amide bonds. The number of hydrogen-bond acceptors (Lipinski definition) is 7. The average molecular weight is 486 g/mol. The number of ether oxygens (including phenoxy) is 2. The van der Waals surface area contributed by atoms with Crippen LogP contribution in [0.15, 0.2) is 46.9 Å². The number of thiazole rings is 1. The van der Waals surface area contributed by atoms with Crippen LogP contribution in [0.4, 0.5) is 5.13 Å². The maximum Gasteiger partial charge on any atom is 0.295 e. The highest BCUT2D eigenvalue weighted by Crippen LogP contribution is 2.33. The lowest BCUT2D eigenvalue weighted by Gasteiger charge is -2.27. The van der Waals surface area contributed by atoms with Crippen molar-refractivity contribution >= 4 is 55.2 Å². The number of furan rings is 1. The summed E-state index contributed by atoms with van der Waals surface area (Å²) in [4.78, 5) is 22.4. The Morgan fingerprint density at radius 1 is 1.24 bits per heavy atom. The number of carbonyl (C=O) groups is 1. The number of halogens is 1. The molecule has 0 saturated carbocycles. The highest BCUT2D eigenvalue weighted by Gasteiger charge is 2.25. The van der Waals surface area contributed by atoms with Gasteiger partial charge in [-0.3, -0.25) is 14.6 Å². The molecule has 0 N–H and O–H groups in total. The first kappa shape index (κ1) is 22.2. The van der Waals surface area contributed by atoms with Gasteiger partial charge in [0, 0.05) is 36.6 Å². The minimum atomic E-state index is -0.222. The number of carbonyl (C=O) groups excluding carboxylic acids is 1. The average Bonchev–Trinajstić information content (AvgIpc) is 3.46. The Kier molecular flexibility index (Phi) is 6.50. The van der Waals surface area contributed by atoms with Crippen molar-refractivity contribution in [2.24, 2.45) is 0 Å². The van der Waals surface area contributed by atoms with Gasteiger partial charge in [-0.15, -0.1) is 0 Å². The third-order valence-corrected chi connectivity index (χ3v) is 6.99. The summed E-state index contributed by atoms with van der Waals surface area (Å²) in [7, 11) is 1.59. The zero-order valence-corrected chi connectivity index (χ0v) is 19.8. The van der Waals surface area contributed by atoms with Gasteiger partial charge in [-0.05, 0) is 36.8 Å². The molecule has 0 bridgehead atoms. The molecule has 172 valence electrons. The fourth-order valence-electron chi connectivity index (χ4n) is 4.00. The Morgan fingerprint density at radius 2 is 2.09 bits per heavy atom. The molecule has 4 aromatic rings. The van der Waals surface area contributed by atoms with Crippen molar-refractivity contribution in [1.29, 1.82) is 0 Å². The lowest BCUT2D eigenvalue weighted by molar-refractivity contribution is 0.0376. The normalized spacial score (nSPS) is 14.7. The van der Waals surface area contributed by atoms with Crippen LogP contribution in [0, 0.1) is 0 Å². The molecule has 0 unspecified atom stereocenters. The van der Waals surface area contributed by atoms with E-state index in [-0.39, 0.29) is 11.7 Å². The van der Waals surface area contributed by atoms with Gasteiger partial charge >= 0.3 is 0 Å². The third-order valence-electron chi connectivity index (χ3n) is 5.71. The molecule has 9 heteroatoms. The Labute approximate surface area is 200 Å². The van der Waals surface area contributed by atoms with Gasteiger partial charge in [0.05, 0.1) is 30.5 Å². The standard InChI is InChI=1S/C24H24ClN3O4S/c1-30-19-5-2-4-16-14-20(32-22(16)19)23(29)28(9-3-8-27-10-12-31-13-11-27)24-26-18-7-6-17(25)15-21(18)33-24/h2,4-7,14-15H,3,8-13H2,1H3. The SMILES string of the molecule is COc1cccc2cc(C(=O)N(CCCN3CCOCC3)c3nc4ccc(Cl)cc4s3)oc12. The number of amides is 1. The van der Waals surface area contributed by atoms with E-state index in [1.54, 1.807) is 18.1 Å². The van der Waals surface area contributed by atoms with E-state index in [9.17, 15) is 4.79 Å². The first-order valence-corrected chi connectivity index (χ1v) is 12.1. The largest absolute Gasteiger partial charge is 0.493 e. The molecule has 7 nitrogen and oxygen atoms in total. The minimum Gasteiger partial charge on any atom is -0.493 e. The van der Waals surface area contributed by atoms with E-state index < -0.39 is 0 Å². The maximum atomic E-state index is 13.6. The second kappa shape index (κ2) is 9.69. The number of hydrogen-bond donors (Lipinski definition) is 0. The molecule has 3 heterocycles. The smallest absolute Gasteiger partial charge is 0.295 e. The number of anilines is 1. The van der Waals surface area contributed by atoms with E-state index in [0.29, 0.717) is 28.0 Å². The van der Waals surface area contributed by atoms with Crippen LogP contribution in [0.3, 0.4) is 0 Å². The molecule has 33 heavy (non-hydrogen) atoms. The molecule has 0 spiro atoms. The van der Waals surface area contributed by atoms with Crippen LogP contribution < -0.4 is 9.64 Å². The topological polar surface area (TPSA) is 68.0 Å². The summed E-state index contributed by atoms with van der Waals surface area (Å²) in [5.41, 5.74) is 1.38. The van der Waals surface area contributed by atoms with Crippen molar-refractivity contribution < 1.29 is 18.7 Å². The zero-order valence-electron chi connectivity index (χ0n) is 18.3. The van der Waals surface area contributed by atoms with Gasteiger partial charge in [0.15, 0.2) is 22.2 Å². The Hall–Kier alpha value is -2.65. The third kappa shape index (κ3) is 4.70. The van der Waals surface area contributed by atoms with Crippen LogP contribution in [0.1, 0.15) is 17.0 Å². The molecule has 1 aliphatic rings. The molecule has 5 rings (SSSR count). The molecular weight excluding hydrogens is 462 g/mol. The second-order valence-electron chi connectivity index (χ2n) is 7.86. The summed E-state index contributed by atoms with van der Waals surface area (Å²) in [6.45, 7) is 4.74. The Bertz CT molecular complexity index is 1280. The minimum absolute atomic E-state index is 0.222. The predicted molar refractivity (Wildman–Crippen MR) is 131 cm³/mol. The second-order valence-corrected chi connectivity index (χ2v) is 9.31. The molecule has 2 aromatic heterocycles. The van der Waals surface area contributed by atoms with Gasteiger partial charge < -0.3 is 13.9 Å². The Balaban J connectivity index is 1.44. The number of aromatic nitrogens is 1. The van der Waals surface area contributed by atoms with Crippen LogP contribution in [-0.4, -0.2) is 62.3 Å².